The fraction of sp³-hybridized carbons (Fsp3) is 0.0909. The predicted molar refractivity (Wildman–Crippen MR) is 56.8 cm³/mol. The van der Waals surface area contributed by atoms with E-state index in [2.05, 4.69) is 5.32 Å². The van der Waals surface area contributed by atoms with Crippen molar-refractivity contribution >= 4 is 17.6 Å². The van der Waals surface area contributed by atoms with E-state index in [1.54, 1.807) is 6.92 Å². The van der Waals surface area contributed by atoms with Gasteiger partial charge in [0, 0.05) is 0 Å². The number of aromatic carboxylic acids is 1. The second-order valence-electron chi connectivity index (χ2n) is 2.98. The topological polar surface area (TPSA) is 66.4 Å². The van der Waals surface area contributed by atoms with Gasteiger partial charge in [-0.1, -0.05) is 6.08 Å². The first kappa shape index (κ1) is 11.9. The van der Waals surface area contributed by atoms with Crippen molar-refractivity contribution in [2.75, 3.05) is 5.32 Å². The number of allylic oxidation sites excluding steroid dienone is 1. The Morgan fingerprint density at radius 1 is 1.44 bits per heavy atom. The first-order valence-electron chi connectivity index (χ1n) is 4.51. The van der Waals surface area contributed by atoms with Crippen LogP contribution in [0.5, 0.6) is 0 Å². The molecular weight excluding hydrogens is 213 g/mol. The molecule has 0 fully saturated rings. The number of carbonyl (C=O) groups excluding carboxylic acids is 1. The van der Waals surface area contributed by atoms with E-state index in [1.165, 1.54) is 18.2 Å². The first-order valence-corrected chi connectivity index (χ1v) is 4.51. The van der Waals surface area contributed by atoms with Crippen LogP contribution in [-0.4, -0.2) is 17.0 Å². The number of halogens is 1. The number of carboxylic acid groups (broad SMARTS) is 1. The summed E-state index contributed by atoms with van der Waals surface area (Å²) in [5, 5.41) is 11.1. The monoisotopic (exact) mass is 223 g/mol. The highest BCUT2D eigenvalue weighted by Gasteiger charge is 2.12. The summed E-state index contributed by atoms with van der Waals surface area (Å²) in [7, 11) is 0. The number of rotatable bonds is 3. The molecule has 0 radical (unpaired) electrons. The highest BCUT2D eigenvalue weighted by molar-refractivity contribution is 6.04. The Balaban J connectivity index is 3.04. The smallest absolute Gasteiger partial charge is 0.337 e. The van der Waals surface area contributed by atoms with E-state index >= 15 is 0 Å². The zero-order valence-electron chi connectivity index (χ0n) is 8.53. The summed E-state index contributed by atoms with van der Waals surface area (Å²) in [5.41, 5.74) is -0.213. The van der Waals surface area contributed by atoms with E-state index in [9.17, 15) is 14.0 Å². The van der Waals surface area contributed by atoms with Crippen LogP contribution in [0.4, 0.5) is 10.1 Å². The fourth-order valence-corrected chi connectivity index (χ4v) is 1.13. The maximum atomic E-state index is 12.8. The van der Waals surface area contributed by atoms with Crippen LogP contribution in [0, 0.1) is 5.82 Å². The van der Waals surface area contributed by atoms with Crippen molar-refractivity contribution in [3.05, 3.63) is 41.7 Å². The lowest BCUT2D eigenvalue weighted by molar-refractivity contribution is -0.111. The van der Waals surface area contributed by atoms with Crippen molar-refractivity contribution in [3.63, 3.8) is 0 Å². The molecule has 0 heterocycles. The van der Waals surface area contributed by atoms with Crippen LogP contribution in [0.3, 0.4) is 0 Å². The number of carboxylic acids is 1. The van der Waals surface area contributed by atoms with Crippen molar-refractivity contribution < 1.29 is 19.1 Å². The summed E-state index contributed by atoms with van der Waals surface area (Å²) in [6.45, 7) is 1.66. The summed E-state index contributed by atoms with van der Waals surface area (Å²) in [6.07, 6.45) is 2.76. The van der Waals surface area contributed by atoms with E-state index in [4.69, 9.17) is 5.11 Å². The normalized spacial score (nSPS) is 10.4. The lowest BCUT2D eigenvalue weighted by atomic mass is 10.1. The molecule has 0 aliphatic carbocycles. The molecule has 1 aromatic carbocycles. The van der Waals surface area contributed by atoms with Gasteiger partial charge in [0.25, 0.3) is 0 Å². The van der Waals surface area contributed by atoms with E-state index in [1.807, 2.05) is 0 Å². The van der Waals surface area contributed by atoms with Crippen LogP contribution in [0.25, 0.3) is 0 Å². The van der Waals surface area contributed by atoms with Gasteiger partial charge in [-0.2, -0.15) is 0 Å². The summed E-state index contributed by atoms with van der Waals surface area (Å²) >= 11 is 0. The van der Waals surface area contributed by atoms with E-state index in [-0.39, 0.29) is 11.3 Å². The first-order chi connectivity index (χ1) is 7.54. The standard InChI is InChI=1S/C11H10FNO3/c1-2-3-10(14)13-9-5-4-7(12)6-8(9)11(15)16/h2-6H,1H3,(H,13,14)(H,15,16)/b3-2+. The molecule has 5 heteroatoms. The summed E-state index contributed by atoms with van der Waals surface area (Å²) in [5.74, 6) is -2.42. The van der Waals surface area contributed by atoms with Gasteiger partial charge in [0.2, 0.25) is 5.91 Å². The molecule has 0 aliphatic rings. The van der Waals surface area contributed by atoms with Gasteiger partial charge >= 0.3 is 5.97 Å². The molecule has 1 aromatic rings. The third kappa shape index (κ3) is 2.91. The summed E-state index contributed by atoms with van der Waals surface area (Å²) in [6, 6.07) is 3.14. The number of benzene rings is 1. The largest absolute Gasteiger partial charge is 0.478 e. The molecule has 0 spiro atoms. The molecule has 4 nitrogen and oxygen atoms in total. The molecule has 1 rings (SSSR count). The Kier molecular flexibility index (Phi) is 3.77. The highest BCUT2D eigenvalue weighted by atomic mass is 19.1. The van der Waals surface area contributed by atoms with Crippen molar-refractivity contribution in [3.8, 4) is 0 Å². The van der Waals surface area contributed by atoms with Gasteiger partial charge in [0.05, 0.1) is 11.3 Å². The van der Waals surface area contributed by atoms with Crippen LogP contribution in [0.1, 0.15) is 17.3 Å². The lowest BCUT2D eigenvalue weighted by Gasteiger charge is -2.06. The van der Waals surface area contributed by atoms with Crippen molar-refractivity contribution in [2.24, 2.45) is 0 Å². The Morgan fingerprint density at radius 2 is 2.12 bits per heavy atom. The van der Waals surface area contributed by atoms with E-state index < -0.39 is 17.7 Å². The maximum absolute atomic E-state index is 12.8. The highest BCUT2D eigenvalue weighted by Crippen LogP contribution is 2.17. The molecule has 0 unspecified atom stereocenters. The number of hydrogen-bond donors (Lipinski definition) is 2. The minimum atomic E-state index is -1.30. The van der Waals surface area contributed by atoms with Crippen LogP contribution < -0.4 is 5.32 Å². The average Bonchev–Trinajstić information content (AvgIpc) is 2.20. The number of amides is 1. The average molecular weight is 223 g/mol. The van der Waals surface area contributed by atoms with Gasteiger partial charge in [-0.05, 0) is 31.2 Å². The van der Waals surface area contributed by atoms with Crippen molar-refractivity contribution in [1.82, 2.24) is 0 Å². The van der Waals surface area contributed by atoms with Gasteiger partial charge in [0.1, 0.15) is 5.82 Å². The van der Waals surface area contributed by atoms with Gasteiger partial charge in [-0.15, -0.1) is 0 Å². The third-order valence-corrected chi connectivity index (χ3v) is 1.79. The zero-order valence-corrected chi connectivity index (χ0v) is 8.53. The number of hydrogen-bond acceptors (Lipinski definition) is 2. The lowest BCUT2D eigenvalue weighted by Crippen LogP contribution is -2.12. The number of anilines is 1. The number of nitrogens with one attached hydrogen (secondary N) is 1. The minimum Gasteiger partial charge on any atom is -0.478 e. The van der Waals surface area contributed by atoms with Crippen molar-refractivity contribution in [1.29, 1.82) is 0 Å². The third-order valence-electron chi connectivity index (χ3n) is 1.79. The zero-order chi connectivity index (χ0) is 12.1. The molecule has 0 saturated heterocycles. The van der Waals surface area contributed by atoms with Crippen LogP contribution in [0.15, 0.2) is 30.4 Å². The van der Waals surface area contributed by atoms with Gasteiger partial charge in [0.15, 0.2) is 0 Å². The Hall–Kier alpha value is -2.17. The van der Waals surface area contributed by atoms with Crippen LogP contribution >= 0.6 is 0 Å². The molecule has 84 valence electrons. The minimum absolute atomic E-state index is 0.0667. The van der Waals surface area contributed by atoms with Crippen molar-refractivity contribution in [2.45, 2.75) is 6.92 Å². The maximum Gasteiger partial charge on any atom is 0.337 e. The van der Waals surface area contributed by atoms with Gasteiger partial charge in [-0.25, -0.2) is 9.18 Å². The molecule has 16 heavy (non-hydrogen) atoms. The second kappa shape index (κ2) is 5.06. The fourth-order valence-electron chi connectivity index (χ4n) is 1.13. The summed E-state index contributed by atoms with van der Waals surface area (Å²) < 4.78 is 12.8. The quantitative estimate of drug-likeness (QED) is 0.770. The second-order valence-corrected chi connectivity index (χ2v) is 2.98. The molecule has 0 bridgehead atoms. The molecular formula is C11H10FNO3. The molecule has 0 aromatic heterocycles. The molecule has 2 N–H and O–H groups in total. The Morgan fingerprint density at radius 3 is 2.69 bits per heavy atom. The Labute approximate surface area is 91.4 Å². The van der Waals surface area contributed by atoms with Crippen LogP contribution in [-0.2, 0) is 4.79 Å². The summed E-state index contributed by atoms with van der Waals surface area (Å²) in [4.78, 5) is 22.0. The molecule has 1 amide bonds. The SMILES string of the molecule is C/C=C/C(=O)Nc1ccc(F)cc1C(=O)O. The van der Waals surface area contributed by atoms with E-state index in [0.29, 0.717) is 0 Å². The predicted octanol–water partition coefficient (Wildman–Crippen LogP) is 2.04. The van der Waals surface area contributed by atoms with Gasteiger partial charge in [-0.3, -0.25) is 4.79 Å². The van der Waals surface area contributed by atoms with Gasteiger partial charge < -0.3 is 10.4 Å². The molecule has 0 atom stereocenters. The molecule has 0 aliphatic heterocycles. The van der Waals surface area contributed by atoms with Crippen LogP contribution in [0.2, 0.25) is 0 Å². The van der Waals surface area contributed by atoms with E-state index in [0.717, 1.165) is 12.1 Å². The molecule has 0 saturated carbocycles. The Bertz CT molecular complexity index is 455. The number of carbonyl (C=O) groups is 2.